The Labute approximate surface area is 460 Å². The zero-order valence-electron chi connectivity index (χ0n) is 48.0. The monoisotopic (exact) mass is 1030 g/mol. The SMILES string of the molecule is CC/C=C\C/C=C\C/C=C\C/C=C\C/C=C\CCCCCC(=O)OC[C@H](COC(=O)CCCCC/C=C\C/C=C\C/C=C\C/C=C\CCCCC)OC(=O)CCCCC/C=C\C/C=C\C/C=C\C/C=C\CCCCC. The molecule has 0 aromatic rings. The third kappa shape index (κ3) is 59.8. The first-order valence-corrected chi connectivity index (χ1v) is 30.0. The Morgan fingerprint density at radius 3 is 0.787 bits per heavy atom. The average molecular weight is 1030 g/mol. The van der Waals surface area contributed by atoms with Crippen LogP contribution in [0.5, 0.6) is 0 Å². The maximum atomic E-state index is 12.9. The smallest absolute Gasteiger partial charge is 0.306 e. The molecule has 0 amide bonds. The van der Waals surface area contributed by atoms with E-state index in [9.17, 15) is 14.4 Å². The van der Waals surface area contributed by atoms with Gasteiger partial charge >= 0.3 is 17.9 Å². The predicted molar refractivity (Wildman–Crippen MR) is 325 cm³/mol. The van der Waals surface area contributed by atoms with Gasteiger partial charge in [-0.3, -0.25) is 14.4 Å². The van der Waals surface area contributed by atoms with Crippen LogP contribution >= 0.6 is 0 Å². The normalized spacial score (nSPS) is 13.3. The number of hydrogen-bond acceptors (Lipinski definition) is 6. The minimum absolute atomic E-state index is 0.126. The molecule has 0 aliphatic heterocycles. The van der Waals surface area contributed by atoms with E-state index in [0.717, 1.165) is 141 Å². The number of rotatable bonds is 52. The highest BCUT2D eigenvalue weighted by molar-refractivity contribution is 5.71. The highest BCUT2D eigenvalue weighted by atomic mass is 16.6. The van der Waals surface area contributed by atoms with E-state index in [0.29, 0.717) is 19.3 Å². The van der Waals surface area contributed by atoms with Crippen molar-refractivity contribution in [1.82, 2.24) is 0 Å². The lowest BCUT2D eigenvalue weighted by Gasteiger charge is -2.18. The van der Waals surface area contributed by atoms with Crippen molar-refractivity contribution < 1.29 is 28.6 Å². The molecule has 0 aromatic heterocycles. The lowest BCUT2D eigenvalue weighted by molar-refractivity contribution is -0.167. The van der Waals surface area contributed by atoms with Crippen LogP contribution in [-0.4, -0.2) is 37.2 Å². The number of allylic oxidation sites excluding steroid dienone is 26. The Morgan fingerprint density at radius 1 is 0.280 bits per heavy atom. The van der Waals surface area contributed by atoms with Crippen LogP contribution in [-0.2, 0) is 28.6 Å². The Hall–Kier alpha value is -4.97. The third-order valence-electron chi connectivity index (χ3n) is 12.0. The minimum Gasteiger partial charge on any atom is -0.462 e. The second-order valence-electron chi connectivity index (χ2n) is 19.2. The van der Waals surface area contributed by atoms with Crippen molar-refractivity contribution in [1.29, 1.82) is 0 Å². The van der Waals surface area contributed by atoms with Crippen LogP contribution in [0.4, 0.5) is 0 Å². The molecule has 0 heterocycles. The van der Waals surface area contributed by atoms with Crippen molar-refractivity contribution in [3.63, 3.8) is 0 Å². The van der Waals surface area contributed by atoms with Crippen LogP contribution in [0.2, 0.25) is 0 Å². The highest BCUT2D eigenvalue weighted by Gasteiger charge is 2.19. The lowest BCUT2D eigenvalue weighted by atomic mass is 10.1. The molecule has 0 unspecified atom stereocenters. The lowest BCUT2D eigenvalue weighted by Crippen LogP contribution is -2.30. The second-order valence-corrected chi connectivity index (χ2v) is 19.2. The van der Waals surface area contributed by atoms with Crippen molar-refractivity contribution in [2.45, 2.75) is 245 Å². The summed E-state index contributed by atoms with van der Waals surface area (Å²) in [5.41, 5.74) is 0. The van der Waals surface area contributed by atoms with Crippen LogP contribution in [0.25, 0.3) is 0 Å². The Kier molecular flexibility index (Phi) is 57.5. The molecule has 0 aromatic carbocycles. The summed E-state index contributed by atoms with van der Waals surface area (Å²) in [6, 6.07) is 0. The van der Waals surface area contributed by atoms with Gasteiger partial charge in [-0.05, 0) is 154 Å². The molecule has 0 radical (unpaired) electrons. The van der Waals surface area contributed by atoms with Gasteiger partial charge < -0.3 is 14.2 Å². The second kappa shape index (κ2) is 61.6. The number of esters is 3. The summed E-state index contributed by atoms with van der Waals surface area (Å²) >= 11 is 0. The van der Waals surface area contributed by atoms with Crippen LogP contribution in [0, 0.1) is 0 Å². The van der Waals surface area contributed by atoms with Crippen LogP contribution in [0.3, 0.4) is 0 Å². The zero-order valence-corrected chi connectivity index (χ0v) is 48.0. The summed E-state index contributed by atoms with van der Waals surface area (Å²) in [5, 5.41) is 0. The summed E-state index contributed by atoms with van der Waals surface area (Å²) in [7, 11) is 0. The van der Waals surface area contributed by atoms with E-state index in [1.54, 1.807) is 0 Å². The molecule has 0 rings (SSSR count). The van der Waals surface area contributed by atoms with Crippen molar-refractivity contribution in [2.75, 3.05) is 13.2 Å². The topological polar surface area (TPSA) is 78.9 Å². The van der Waals surface area contributed by atoms with Gasteiger partial charge in [0.1, 0.15) is 13.2 Å². The molecular weight excluding hydrogens is 925 g/mol. The molecular formula is C69H108O6. The van der Waals surface area contributed by atoms with Crippen LogP contribution < -0.4 is 0 Å². The summed E-state index contributed by atoms with van der Waals surface area (Å²) in [4.78, 5) is 38.3. The maximum absolute atomic E-state index is 12.9. The number of hydrogen-bond donors (Lipinski definition) is 0. The van der Waals surface area contributed by atoms with E-state index >= 15 is 0 Å². The van der Waals surface area contributed by atoms with E-state index < -0.39 is 6.10 Å². The summed E-state index contributed by atoms with van der Waals surface area (Å²) in [6.45, 7) is 6.37. The van der Waals surface area contributed by atoms with E-state index in [1.807, 2.05) is 0 Å². The quantitative estimate of drug-likeness (QED) is 0.0261. The summed E-state index contributed by atoms with van der Waals surface area (Å²) < 4.78 is 16.8. The first-order chi connectivity index (χ1) is 37.0. The van der Waals surface area contributed by atoms with Crippen LogP contribution in [0.1, 0.15) is 239 Å². The van der Waals surface area contributed by atoms with Crippen molar-refractivity contribution in [3.8, 4) is 0 Å². The summed E-state index contributed by atoms with van der Waals surface area (Å²) in [6.07, 6.45) is 89.4. The first kappa shape index (κ1) is 70.0. The average Bonchev–Trinajstić information content (AvgIpc) is 3.41. The molecule has 420 valence electrons. The van der Waals surface area contributed by atoms with Gasteiger partial charge in [0.05, 0.1) is 0 Å². The van der Waals surface area contributed by atoms with Gasteiger partial charge in [-0.1, -0.05) is 224 Å². The van der Waals surface area contributed by atoms with Gasteiger partial charge in [0.15, 0.2) is 6.10 Å². The van der Waals surface area contributed by atoms with Crippen molar-refractivity contribution >= 4 is 17.9 Å². The number of carbonyl (C=O) groups is 3. The fourth-order valence-corrected chi connectivity index (χ4v) is 7.49. The molecule has 0 N–H and O–H groups in total. The van der Waals surface area contributed by atoms with Crippen molar-refractivity contribution in [3.05, 3.63) is 158 Å². The van der Waals surface area contributed by atoms with Gasteiger partial charge in [-0.15, -0.1) is 0 Å². The Balaban J connectivity index is 4.61. The largest absolute Gasteiger partial charge is 0.462 e. The molecule has 0 aliphatic carbocycles. The van der Waals surface area contributed by atoms with E-state index in [2.05, 4.69) is 179 Å². The Bertz CT molecular complexity index is 1710. The zero-order chi connectivity index (χ0) is 54.3. The maximum Gasteiger partial charge on any atom is 0.306 e. The number of unbranched alkanes of at least 4 members (excludes halogenated alkanes) is 15. The number of ether oxygens (including phenoxy) is 3. The van der Waals surface area contributed by atoms with Gasteiger partial charge in [-0.2, -0.15) is 0 Å². The molecule has 0 saturated heterocycles. The summed E-state index contributed by atoms with van der Waals surface area (Å²) in [5.74, 6) is -1.02. The van der Waals surface area contributed by atoms with Gasteiger partial charge in [0, 0.05) is 19.3 Å². The predicted octanol–water partition coefficient (Wildman–Crippen LogP) is 20.5. The van der Waals surface area contributed by atoms with E-state index in [-0.39, 0.29) is 37.5 Å². The fraction of sp³-hybridized carbons (Fsp3) is 0.580. The standard InChI is InChI=1S/C69H108O6/c1-4-7-10-13-16-19-22-25-28-31-34-37-40-43-46-49-52-55-58-61-67(70)73-64-66(75-69(72)63-60-57-54-51-48-45-42-39-36-33-30-27-24-21-18-15-12-9-6-3)65-74-68(71)62-59-56-53-50-47-44-41-38-35-32-29-26-23-20-17-14-11-8-5-2/h7,10,16-21,25-30,34-39,43-48,66H,4-6,8-9,11-15,22-24,31-33,40-42,49-65H2,1-3H3/b10-7-,19-16-,20-17-,21-18-,28-25-,29-26-,30-27-,37-34-,38-35-,39-36-,46-43-,47-44-,48-45-/t66-/m1/s1. The van der Waals surface area contributed by atoms with Gasteiger partial charge in [0.2, 0.25) is 0 Å². The molecule has 0 bridgehead atoms. The highest BCUT2D eigenvalue weighted by Crippen LogP contribution is 2.12. The van der Waals surface area contributed by atoms with Gasteiger partial charge in [0.25, 0.3) is 0 Å². The molecule has 0 fully saturated rings. The molecule has 75 heavy (non-hydrogen) atoms. The minimum atomic E-state index is -0.832. The van der Waals surface area contributed by atoms with E-state index in [1.165, 1.54) is 51.4 Å². The molecule has 0 spiro atoms. The third-order valence-corrected chi connectivity index (χ3v) is 12.0. The Morgan fingerprint density at radius 2 is 0.520 bits per heavy atom. The van der Waals surface area contributed by atoms with E-state index in [4.69, 9.17) is 14.2 Å². The molecule has 0 saturated carbocycles. The van der Waals surface area contributed by atoms with Gasteiger partial charge in [-0.25, -0.2) is 0 Å². The molecule has 1 atom stereocenters. The molecule has 6 nitrogen and oxygen atoms in total. The first-order valence-electron chi connectivity index (χ1n) is 30.0. The fourth-order valence-electron chi connectivity index (χ4n) is 7.49. The van der Waals surface area contributed by atoms with Crippen molar-refractivity contribution in [2.24, 2.45) is 0 Å². The number of carbonyl (C=O) groups excluding carboxylic acids is 3. The van der Waals surface area contributed by atoms with Crippen LogP contribution in [0.15, 0.2) is 158 Å². The molecule has 6 heteroatoms. The molecule has 0 aliphatic rings.